The molecule has 0 bridgehead atoms. The van der Waals surface area contributed by atoms with E-state index in [0.717, 1.165) is 46.7 Å². The predicted molar refractivity (Wildman–Crippen MR) is 124 cm³/mol. The van der Waals surface area contributed by atoms with Crippen LogP contribution in [0.3, 0.4) is 0 Å². The van der Waals surface area contributed by atoms with Crippen LogP contribution in [0.2, 0.25) is 0 Å². The van der Waals surface area contributed by atoms with Crippen molar-refractivity contribution in [3.63, 3.8) is 0 Å². The zero-order chi connectivity index (χ0) is 22.6. The van der Waals surface area contributed by atoms with E-state index in [0.29, 0.717) is 19.5 Å². The van der Waals surface area contributed by atoms with Crippen LogP contribution in [0, 0.1) is 5.41 Å². The van der Waals surface area contributed by atoms with Gasteiger partial charge in [-0.15, -0.1) is 0 Å². The van der Waals surface area contributed by atoms with Crippen molar-refractivity contribution in [2.45, 2.75) is 19.4 Å². The average Bonchev–Trinajstić information content (AvgIpc) is 3.23. The number of nitrogens with two attached hydrogens (primary N) is 1. The molecule has 1 aliphatic rings. The van der Waals surface area contributed by atoms with Crippen molar-refractivity contribution in [3.05, 3.63) is 78.1 Å². The summed E-state index contributed by atoms with van der Waals surface area (Å²) in [7, 11) is 3.32. The molecule has 1 amide bonds. The number of primary amides is 1. The highest BCUT2D eigenvalue weighted by molar-refractivity contribution is 5.82. The molecule has 2 aromatic carbocycles. The first-order valence-electron chi connectivity index (χ1n) is 10.8. The van der Waals surface area contributed by atoms with Gasteiger partial charge >= 0.3 is 0 Å². The standard InChI is InChI=1S/C26H29N3O3/c1-31-23-7-4-8-24(32-2)22(23)17-29-14-11-26(18-29,25(27)30)16-19-5-3-6-21(15-19)20-9-12-28-13-10-20/h3-10,12-13,15H,11,14,16-18H2,1-2H3,(H2,27,30). The predicted octanol–water partition coefficient (Wildman–Crippen LogP) is 3.69. The Kier molecular flexibility index (Phi) is 6.42. The Morgan fingerprint density at radius 3 is 2.38 bits per heavy atom. The number of carbonyl (C=O) groups excluding carboxylic acids is 1. The molecule has 32 heavy (non-hydrogen) atoms. The van der Waals surface area contributed by atoms with Crippen LogP contribution in [0.25, 0.3) is 11.1 Å². The lowest BCUT2D eigenvalue weighted by molar-refractivity contribution is -0.127. The summed E-state index contributed by atoms with van der Waals surface area (Å²) in [5.74, 6) is 1.32. The lowest BCUT2D eigenvalue weighted by Crippen LogP contribution is -2.41. The van der Waals surface area contributed by atoms with E-state index in [1.165, 1.54) is 0 Å². The number of methoxy groups -OCH3 is 2. The van der Waals surface area contributed by atoms with Gasteiger partial charge in [0.25, 0.3) is 0 Å². The zero-order valence-corrected chi connectivity index (χ0v) is 18.6. The van der Waals surface area contributed by atoms with E-state index in [4.69, 9.17) is 15.2 Å². The van der Waals surface area contributed by atoms with Gasteiger partial charge in [-0.3, -0.25) is 14.7 Å². The van der Waals surface area contributed by atoms with Gasteiger partial charge in [0.05, 0.1) is 25.2 Å². The number of hydrogen-bond acceptors (Lipinski definition) is 5. The second-order valence-electron chi connectivity index (χ2n) is 8.36. The molecule has 1 aliphatic heterocycles. The van der Waals surface area contributed by atoms with Crippen LogP contribution in [-0.4, -0.2) is 43.1 Å². The normalized spacial score (nSPS) is 18.4. The molecule has 6 nitrogen and oxygen atoms in total. The smallest absolute Gasteiger partial charge is 0.225 e. The Balaban J connectivity index is 1.55. The Morgan fingerprint density at radius 1 is 1.03 bits per heavy atom. The van der Waals surface area contributed by atoms with Gasteiger partial charge in [-0.25, -0.2) is 0 Å². The van der Waals surface area contributed by atoms with Gasteiger partial charge in [-0.2, -0.15) is 0 Å². The maximum absolute atomic E-state index is 12.7. The van der Waals surface area contributed by atoms with E-state index < -0.39 is 5.41 Å². The number of benzene rings is 2. The third kappa shape index (κ3) is 4.46. The van der Waals surface area contributed by atoms with E-state index in [1.807, 2.05) is 36.4 Å². The number of rotatable bonds is 8. The lowest BCUT2D eigenvalue weighted by Gasteiger charge is -2.27. The largest absolute Gasteiger partial charge is 0.496 e. The summed E-state index contributed by atoms with van der Waals surface area (Å²) in [6, 6.07) is 18.1. The fourth-order valence-corrected chi connectivity index (χ4v) is 4.63. The van der Waals surface area contributed by atoms with Crippen molar-refractivity contribution in [2.75, 3.05) is 27.3 Å². The molecule has 1 fully saturated rings. The summed E-state index contributed by atoms with van der Waals surface area (Å²) in [6.45, 7) is 2.02. The molecule has 1 atom stereocenters. The summed E-state index contributed by atoms with van der Waals surface area (Å²) in [6.07, 6.45) is 4.90. The SMILES string of the molecule is COc1cccc(OC)c1CN1CCC(Cc2cccc(-c3ccncc3)c2)(C(N)=O)C1. The third-order valence-corrected chi connectivity index (χ3v) is 6.35. The van der Waals surface area contributed by atoms with Crippen LogP contribution >= 0.6 is 0 Å². The number of carbonyl (C=O) groups is 1. The molecule has 166 valence electrons. The first kappa shape index (κ1) is 21.8. The van der Waals surface area contributed by atoms with Crippen LogP contribution in [-0.2, 0) is 17.8 Å². The summed E-state index contributed by atoms with van der Waals surface area (Å²) in [5, 5.41) is 0. The number of hydrogen-bond donors (Lipinski definition) is 1. The summed E-state index contributed by atoms with van der Waals surface area (Å²) in [4.78, 5) is 19.0. The first-order chi connectivity index (χ1) is 15.5. The lowest BCUT2D eigenvalue weighted by atomic mass is 9.79. The molecule has 3 aromatic rings. The fraction of sp³-hybridized carbons (Fsp3) is 0.308. The van der Waals surface area contributed by atoms with Gasteiger partial charge in [-0.05, 0) is 60.3 Å². The van der Waals surface area contributed by atoms with Gasteiger partial charge in [-0.1, -0.05) is 30.3 Å². The maximum atomic E-state index is 12.7. The molecule has 0 spiro atoms. The Labute approximate surface area is 189 Å². The molecule has 0 aliphatic carbocycles. The molecule has 6 heteroatoms. The molecular formula is C26H29N3O3. The van der Waals surface area contributed by atoms with Gasteiger partial charge in [0.1, 0.15) is 11.5 Å². The maximum Gasteiger partial charge on any atom is 0.225 e. The highest BCUT2D eigenvalue weighted by Crippen LogP contribution is 2.38. The highest BCUT2D eigenvalue weighted by Gasteiger charge is 2.43. The van der Waals surface area contributed by atoms with Gasteiger partial charge in [0.15, 0.2) is 0 Å². The number of pyridine rings is 1. The number of ether oxygens (including phenoxy) is 2. The van der Waals surface area contributed by atoms with Crippen molar-refractivity contribution in [1.29, 1.82) is 0 Å². The third-order valence-electron chi connectivity index (χ3n) is 6.35. The van der Waals surface area contributed by atoms with Crippen LogP contribution in [0.1, 0.15) is 17.5 Å². The molecule has 2 heterocycles. The minimum atomic E-state index is -0.605. The fourth-order valence-electron chi connectivity index (χ4n) is 4.63. The van der Waals surface area contributed by atoms with Crippen molar-refractivity contribution in [2.24, 2.45) is 11.1 Å². The molecule has 0 saturated carbocycles. The number of amides is 1. The highest BCUT2D eigenvalue weighted by atomic mass is 16.5. The van der Waals surface area contributed by atoms with Crippen LogP contribution < -0.4 is 15.2 Å². The molecule has 1 unspecified atom stereocenters. The first-order valence-corrected chi connectivity index (χ1v) is 10.8. The zero-order valence-electron chi connectivity index (χ0n) is 18.6. The van der Waals surface area contributed by atoms with Crippen LogP contribution in [0.4, 0.5) is 0 Å². The second-order valence-corrected chi connectivity index (χ2v) is 8.36. The second kappa shape index (κ2) is 9.40. The Bertz CT molecular complexity index is 1060. The quantitative estimate of drug-likeness (QED) is 0.589. The van der Waals surface area contributed by atoms with E-state index in [2.05, 4.69) is 28.1 Å². The average molecular weight is 432 g/mol. The van der Waals surface area contributed by atoms with E-state index in [1.54, 1.807) is 26.6 Å². The van der Waals surface area contributed by atoms with Gasteiger partial charge in [0, 0.05) is 25.5 Å². The number of nitrogens with zero attached hydrogens (tertiary/aromatic N) is 2. The summed E-state index contributed by atoms with van der Waals surface area (Å²) in [5.41, 5.74) is 9.67. The molecule has 1 aromatic heterocycles. The number of likely N-dealkylation sites (tertiary alicyclic amines) is 1. The summed E-state index contributed by atoms with van der Waals surface area (Å²) >= 11 is 0. The van der Waals surface area contributed by atoms with Crippen LogP contribution in [0.5, 0.6) is 11.5 Å². The van der Waals surface area contributed by atoms with E-state index >= 15 is 0 Å². The van der Waals surface area contributed by atoms with Crippen molar-refractivity contribution >= 4 is 5.91 Å². The van der Waals surface area contributed by atoms with Gasteiger partial charge < -0.3 is 15.2 Å². The molecule has 1 saturated heterocycles. The summed E-state index contributed by atoms with van der Waals surface area (Å²) < 4.78 is 11.1. The minimum Gasteiger partial charge on any atom is -0.496 e. The van der Waals surface area contributed by atoms with Gasteiger partial charge in [0.2, 0.25) is 5.91 Å². The molecule has 4 rings (SSSR count). The monoisotopic (exact) mass is 431 g/mol. The van der Waals surface area contributed by atoms with Crippen molar-refractivity contribution < 1.29 is 14.3 Å². The minimum absolute atomic E-state index is 0.249. The molecular weight excluding hydrogens is 402 g/mol. The van der Waals surface area contributed by atoms with E-state index in [-0.39, 0.29) is 5.91 Å². The topological polar surface area (TPSA) is 77.7 Å². The molecule has 0 radical (unpaired) electrons. The van der Waals surface area contributed by atoms with Crippen LogP contribution in [0.15, 0.2) is 67.0 Å². The Hall–Kier alpha value is -3.38. The Morgan fingerprint density at radius 2 is 1.72 bits per heavy atom. The van der Waals surface area contributed by atoms with Crippen molar-refractivity contribution in [3.8, 4) is 22.6 Å². The molecule has 2 N–H and O–H groups in total. The van der Waals surface area contributed by atoms with Crippen molar-refractivity contribution in [1.82, 2.24) is 9.88 Å². The number of aromatic nitrogens is 1. The van der Waals surface area contributed by atoms with E-state index in [9.17, 15) is 4.79 Å².